The van der Waals surface area contributed by atoms with Gasteiger partial charge < -0.3 is 10.1 Å². The SMILES string of the molecule is CCCCOCCN1CC(C(C)C)NCC1C. The molecule has 1 aliphatic rings. The highest BCUT2D eigenvalue weighted by Crippen LogP contribution is 2.12. The smallest absolute Gasteiger partial charge is 0.0593 e. The molecule has 0 radical (unpaired) electrons. The van der Waals surface area contributed by atoms with Crippen LogP contribution in [0.1, 0.15) is 40.5 Å². The summed E-state index contributed by atoms with van der Waals surface area (Å²) >= 11 is 0. The Bertz CT molecular complexity index is 197. The second kappa shape index (κ2) is 8.06. The van der Waals surface area contributed by atoms with Crippen LogP contribution in [-0.4, -0.2) is 49.8 Å². The van der Waals surface area contributed by atoms with Crippen LogP contribution < -0.4 is 5.32 Å². The molecule has 0 aromatic carbocycles. The van der Waals surface area contributed by atoms with Crippen LogP contribution in [0.4, 0.5) is 0 Å². The number of piperazine rings is 1. The van der Waals surface area contributed by atoms with E-state index in [1.54, 1.807) is 0 Å². The monoisotopic (exact) mass is 242 g/mol. The first-order chi connectivity index (χ1) is 8.15. The first-order valence-corrected chi connectivity index (χ1v) is 7.20. The number of unbranched alkanes of at least 4 members (excludes halogenated alkanes) is 1. The van der Waals surface area contributed by atoms with Crippen LogP contribution in [0.15, 0.2) is 0 Å². The van der Waals surface area contributed by atoms with Gasteiger partial charge in [-0.05, 0) is 19.3 Å². The van der Waals surface area contributed by atoms with Gasteiger partial charge in [0.05, 0.1) is 6.61 Å². The van der Waals surface area contributed by atoms with Crippen molar-refractivity contribution in [3.63, 3.8) is 0 Å². The molecule has 1 fully saturated rings. The Morgan fingerprint density at radius 2 is 2.12 bits per heavy atom. The summed E-state index contributed by atoms with van der Waals surface area (Å²) in [4.78, 5) is 2.56. The molecule has 1 rings (SSSR count). The zero-order chi connectivity index (χ0) is 12.7. The van der Waals surface area contributed by atoms with Crippen molar-refractivity contribution < 1.29 is 4.74 Å². The van der Waals surface area contributed by atoms with Crippen molar-refractivity contribution in [2.45, 2.75) is 52.6 Å². The third-order valence-corrected chi connectivity index (χ3v) is 3.70. The van der Waals surface area contributed by atoms with E-state index in [1.165, 1.54) is 12.8 Å². The van der Waals surface area contributed by atoms with E-state index >= 15 is 0 Å². The lowest BCUT2D eigenvalue weighted by Crippen LogP contribution is -2.57. The van der Waals surface area contributed by atoms with Gasteiger partial charge in [-0.2, -0.15) is 0 Å². The lowest BCUT2D eigenvalue weighted by atomic mass is 10.00. The van der Waals surface area contributed by atoms with Crippen LogP contribution in [0.3, 0.4) is 0 Å². The predicted octanol–water partition coefficient (Wildman–Crippen LogP) is 2.12. The van der Waals surface area contributed by atoms with Crippen LogP contribution in [0.2, 0.25) is 0 Å². The molecule has 0 amide bonds. The molecule has 2 unspecified atom stereocenters. The van der Waals surface area contributed by atoms with Gasteiger partial charge in [0.2, 0.25) is 0 Å². The molecule has 2 atom stereocenters. The predicted molar refractivity (Wildman–Crippen MR) is 73.4 cm³/mol. The first-order valence-electron chi connectivity index (χ1n) is 7.20. The van der Waals surface area contributed by atoms with Crippen LogP contribution >= 0.6 is 0 Å². The number of hydrogen-bond donors (Lipinski definition) is 1. The standard InChI is InChI=1S/C14H30N2O/c1-5-6-8-17-9-7-16-11-14(12(2)3)15-10-13(16)4/h12-15H,5-11H2,1-4H3. The third kappa shape index (κ3) is 5.36. The summed E-state index contributed by atoms with van der Waals surface area (Å²) in [5.74, 6) is 0.714. The number of rotatable bonds is 7. The first kappa shape index (κ1) is 14.9. The minimum Gasteiger partial charge on any atom is -0.380 e. The maximum atomic E-state index is 5.66. The lowest BCUT2D eigenvalue weighted by molar-refractivity contribution is 0.0630. The maximum absolute atomic E-state index is 5.66. The highest BCUT2D eigenvalue weighted by Gasteiger charge is 2.26. The number of nitrogens with zero attached hydrogens (tertiary/aromatic N) is 1. The van der Waals surface area contributed by atoms with E-state index in [2.05, 4.69) is 37.9 Å². The topological polar surface area (TPSA) is 24.5 Å². The van der Waals surface area contributed by atoms with E-state index in [4.69, 9.17) is 4.74 Å². The Balaban J connectivity index is 2.20. The van der Waals surface area contributed by atoms with Gasteiger partial charge >= 0.3 is 0 Å². The molecule has 1 aliphatic heterocycles. The fourth-order valence-electron chi connectivity index (χ4n) is 2.24. The van der Waals surface area contributed by atoms with Crippen molar-refractivity contribution in [2.24, 2.45) is 5.92 Å². The van der Waals surface area contributed by atoms with Crippen LogP contribution in [0.25, 0.3) is 0 Å². The highest BCUT2D eigenvalue weighted by molar-refractivity contribution is 4.85. The summed E-state index contributed by atoms with van der Waals surface area (Å²) in [6, 6.07) is 1.28. The zero-order valence-electron chi connectivity index (χ0n) is 12.0. The third-order valence-electron chi connectivity index (χ3n) is 3.70. The second-order valence-corrected chi connectivity index (χ2v) is 5.57. The Morgan fingerprint density at radius 3 is 2.76 bits per heavy atom. The molecule has 1 saturated heterocycles. The van der Waals surface area contributed by atoms with E-state index in [-0.39, 0.29) is 0 Å². The second-order valence-electron chi connectivity index (χ2n) is 5.57. The molecule has 0 bridgehead atoms. The minimum atomic E-state index is 0.639. The molecule has 102 valence electrons. The van der Waals surface area contributed by atoms with Gasteiger partial charge in [-0.25, -0.2) is 0 Å². The van der Waals surface area contributed by atoms with E-state index in [0.29, 0.717) is 18.0 Å². The fraction of sp³-hybridized carbons (Fsp3) is 1.00. The number of ether oxygens (including phenoxy) is 1. The van der Waals surface area contributed by atoms with E-state index in [9.17, 15) is 0 Å². The summed E-state index contributed by atoms with van der Waals surface area (Å²) in [6.07, 6.45) is 2.41. The van der Waals surface area contributed by atoms with Gasteiger partial charge in [0, 0.05) is 38.3 Å². The Hall–Kier alpha value is -0.120. The summed E-state index contributed by atoms with van der Waals surface area (Å²) in [6.45, 7) is 14.3. The molecular weight excluding hydrogens is 212 g/mol. The number of nitrogens with one attached hydrogen (secondary N) is 1. The normalized spacial score (nSPS) is 26.6. The molecule has 0 aromatic rings. The van der Waals surface area contributed by atoms with Crippen molar-refractivity contribution in [2.75, 3.05) is 32.8 Å². The van der Waals surface area contributed by atoms with Gasteiger partial charge in [0.1, 0.15) is 0 Å². The Labute approximate surface area is 107 Å². The summed E-state index contributed by atoms with van der Waals surface area (Å²) in [7, 11) is 0. The molecule has 3 heteroatoms. The van der Waals surface area contributed by atoms with Crippen molar-refractivity contribution >= 4 is 0 Å². The molecule has 0 saturated carbocycles. The van der Waals surface area contributed by atoms with E-state index in [0.717, 1.165) is 32.8 Å². The minimum absolute atomic E-state index is 0.639. The Kier molecular flexibility index (Phi) is 7.09. The van der Waals surface area contributed by atoms with Crippen molar-refractivity contribution in [1.29, 1.82) is 0 Å². The van der Waals surface area contributed by atoms with Crippen molar-refractivity contribution in [3.8, 4) is 0 Å². The molecule has 17 heavy (non-hydrogen) atoms. The Morgan fingerprint density at radius 1 is 1.35 bits per heavy atom. The summed E-state index contributed by atoms with van der Waals surface area (Å²) < 4.78 is 5.66. The van der Waals surface area contributed by atoms with Gasteiger partial charge in [-0.3, -0.25) is 4.90 Å². The van der Waals surface area contributed by atoms with Gasteiger partial charge in [-0.1, -0.05) is 27.2 Å². The van der Waals surface area contributed by atoms with Crippen LogP contribution in [0, 0.1) is 5.92 Å². The quantitative estimate of drug-likeness (QED) is 0.692. The van der Waals surface area contributed by atoms with Gasteiger partial charge in [-0.15, -0.1) is 0 Å². The molecule has 1 heterocycles. The van der Waals surface area contributed by atoms with Gasteiger partial charge in [0.15, 0.2) is 0 Å². The van der Waals surface area contributed by atoms with Crippen LogP contribution in [0.5, 0.6) is 0 Å². The summed E-state index contributed by atoms with van der Waals surface area (Å²) in [5.41, 5.74) is 0. The largest absolute Gasteiger partial charge is 0.380 e. The van der Waals surface area contributed by atoms with Crippen molar-refractivity contribution in [1.82, 2.24) is 10.2 Å². The highest BCUT2D eigenvalue weighted by atomic mass is 16.5. The molecule has 3 nitrogen and oxygen atoms in total. The fourth-order valence-corrected chi connectivity index (χ4v) is 2.24. The lowest BCUT2D eigenvalue weighted by Gasteiger charge is -2.40. The molecule has 0 aliphatic carbocycles. The molecule has 0 spiro atoms. The molecule has 1 N–H and O–H groups in total. The van der Waals surface area contributed by atoms with E-state index in [1.807, 2.05) is 0 Å². The van der Waals surface area contributed by atoms with Crippen LogP contribution in [-0.2, 0) is 4.74 Å². The average molecular weight is 242 g/mol. The number of hydrogen-bond acceptors (Lipinski definition) is 3. The van der Waals surface area contributed by atoms with Gasteiger partial charge in [0.25, 0.3) is 0 Å². The molecular formula is C14H30N2O. The van der Waals surface area contributed by atoms with E-state index < -0.39 is 0 Å². The summed E-state index contributed by atoms with van der Waals surface area (Å²) in [5, 5.41) is 3.63. The van der Waals surface area contributed by atoms with Crippen molar-refractivity contribution in [3.05, 3.63) is 0 Å². The molecule has 0 aromatic heterocycles. The zero-order valence-corrected chi connectivity index (χ0v) is 12.0. The maximum Gasteiger partial charge on any atom is 0.0593 e. The average Bonchev–Trinajstić information content (AvgIpc) is 2.30.